The number of nitrogens with one attached hydrogen (secondary N) is 1. The van der Waals surface area contributed by atoms with Crippen LogP contribution in [0.25, 0.3) is 0 Å². The zero-order valence-corrected chi connectivity index (χ0v) is 12.6. The lowest BCUT2D eigenvalue weighted by atomic mass is 10.2. The number of anilines is 1. The van der Waals surface area contributed by atoms with Crippen LogP contribution in [0.2, 0.25) is 5.02 Å². The second-order valence-electron chi connectivity index (χ2n) is 5.13. The second kappa shape index (κ2) is 7.04. The van der Waals surface area contributed by atoms with Crippen LogP contribution in [0.4, 0.5) is 19.0 Å². The molecule has 0 bridgehead atoms. The lowest BCUT2D eigenvalue weighted by Crippen LogP contribution is -2.27. The summed E-state index contributed by atoms with van der Waals surface area (Å²) in [4.78, 5) is 15.2. The number of halogens is 4. The fourth-order valence-electron chi connectivity index (χ4n) is 1.77. The summed E-state index contributed by atoms with van der Waals surface area (Å²) in [6, 6.07) is 2.65. The summed E-state index contributed by atoms with van der Waals surface area (Å²) in [5.74, 6) is -0.437. The van der Waals surface area contributed by atoms with Crippen molar-refractivity contribution in [3.05, 3.63) is 22.8 Å². The molecule has 23 heavy (non-hydrogen) atoms. The molecular weight excluding hydrogens is 335 g/mol. The molecule has 1 saturated carbocycles. The molecule has 5 nitrogen and oxygen atoms in total. The number of hydrogen-bond acceptors (Lipinski definition) is 5. The van der Waals surface area contributed by atoms with Crippen molar-refractivity contribution in [2.24, 2.45) is 5.92 Å². The van der Waals surface area contributed by atoms with E-state index in [1.54, 1.807) is 0 Å². The number of ether oxygens (including phenoxy) is 1. The van der Waals surface area contributed by atoms with Gasteiger partial charge in [0.1, 0.15) is 11.9 Å². The normalized spacial score (nSPS) is 15.6. The first-order valence-corrected chi connectivity index (χ1v) is 7.23. The van der Waals surface area contributed by atoms with Crippen LogP contribution < -0.4 is 5.32 Å². The van der Waals surface area contributed by atoms with E-state index >= 15 is 0 Å². The standard InChI is InChI=1S/C14H13ClF3N3O2/c15-11-5-9(14(16,17)18)6-20-12(11)21-7-10(3-4-19)23-13(22)8-1-2-8/h5-6,8,10H,1-3,7H2,(H,20,21)/t10-/m1/s1. The first kappa shape index (κ1) is 17.3. The number of hydrogen-bond donors (Lipinski definition) is 1. The van der Waals surface area contributed by atoms with Crippen LogP contribution in [-0.4, -0.2) is 23.6 Å². The Morgan fingerprint density at radius 2 is 2.26 bits per heavy atom. The summed E-state index contributed by atoms with van der Waals surface area (Å²) in [5.41, 5.74) is -0.957. The van der Waals surface area contributed by atoms with Gasteiger partial charge in [0.15, 0.2) is 0 Å². The second-order valence-corrected chi connectivity index (χ2v) is 5.54. The molecule has 0 saturated heterocycles. The highest BCUT2D eigenvalue weighted by atomic mass is 35.5. The topological polar surface area (TPSA) is 75.0 Å². The molecule has 1 N–H and O–H groups in total. The smallest absolute Gasteiger partial charge is 0.417 e. The van der Waals surface area contributed by atoms with Gasteiger partial charge in [-0.15, -0.1) is 0 Å². The van der Waals surface area contributed by atoms with E-state index in [4.69, 9.17) is 21.6 Å². The van der Waals surface area contributed by atoms with Crippen molar-refractivity contribution in [2.75, 3.05) is 11.9 Å². The van der Waals surface area contributed by atoms with E-state index in [-0.39, 0.29) is 35.7 Å². The molecule has 0 aromatic carbocycles. The summed E-state index contributed by atoms with van der Waals surface area (Å²) in [6.45, 7) is 0.0318. The van der Waals surface area contributed by atoms with Crippen molar-refractivity contribution in [3.8, 4) is 6.07 Å². The molecule has 0 amide bonds. The Morgan fingerprint density at radius 1 is 1.57 bits per heavy atom. The van der Waals surface area contributed by atoms with Crippen molar-refractivity contribution in [1.29, 1.82) is 5.26 Å². The Bertz CT molecular complexity index is 627. The van der Waals surface area contributed by atoms with Crippen LogP contribution in [0, 0.1) is 17.2 Å². The third kappa shape index (κ3) is 4.99. The minimum absolute atomic E-state index is 0.0318. The quantitative estimate of drug-likeness (QED) is 0.798. The summed E-state index contributed by atoms with van der Waals surface area (Å²) in [7, 11) is 0. The Labute approximate surface area is 135 Å². The van der Waals surface area contributed by atoms with E-state index in [0.29, 0.717) is 6.20 Å². The maximum absolute atomic E-state index is 12.5. The predicted molar refractivity (Wildman–Crippen MR) is 75.6 cm³/mol. The van der Waals surface area contributed by atoms with Gasteiger partial charge >= 0.3 is 12.1 Å². The number of aromatic nitrogens is 1. The number of nitrogens with zero attached hydrogens (tertiary/aromatic N) is 2. The van der Waals surface area contributed by atoms with Gasteiger partial charge in [-0.25, -0.2) is 4.98 Å². The third-order valence-electron chi connectivity index (χ3n) is 3.18. The minimum Gasteiger partial charge on any atom is -0.459 e. The molecule has 0 aliphatic heterocycles. The lowest BCUT2D eigenvalue weighted by molar-refractivity contribution is -0.149. The molecule has 1 aromatic rings. The largest absolute Gasteiger partial charge is 0.459 e. The van der Waals surface area contributed by atoms with Crippen molar-refractivity contribution in [1.82, 2.24) is 4.98 Å². The molecule has 2 rings (SSSR count). The van der Waals surface area contributed by atoms with Crippen molar-refractivity contribution >= 4 is 23.4 Å². The molecule has 0 spiro atoms. The van der Waals surface area contributed by atoms with Crippen LogP contribution in [0.3, 0.4) is 0 Å². The van der Waals surface area contributed by atoms with Crippen LogP contribution in [0.1, 0.15) is 24.8 Å². The summed E-state index contributed by atoms with van der Waals surface area (Å²) >= 11 is 5.76. The van der Waals surface area contributed by atoms with E-state index in [2.05, 4.69) is 10.3 Å². The average molecular weight is 348 g/mol. The van der Waals surface area contributed by atoms with E-state index < -0.39 is 17.8 Å². The molecule has 0 unspecified atom stereocenters. The fourth-order valence-corrected chi connectivity index (χ4v) is 2.00. The van der Waals surface area contributed by atoms with Gasteiger partial charge in [0, 0.05) is 6.20 Å². The molecule has 9 heteroatoms. The first-order chi connectivity index (χ1) is 10.8. The molecule has 1 fully saturated rings. The van der Waals surface area contributed by atoms with E-state index in [0.717, 1.165) is 18.9 Å². The predicted octanol–water partition coefficient (Wildman–Crippen LogP) is 3.40. The number of alkyl halides is 3. The van der Waals surface area contributed by atoms with E-state index in [9.17, 15) is 18.0 Å². The number of carbonyl (C=O) groups is 1. The molecule has 1 heterocycles. The Morgan fingerprint density at radius 3 is 2.78 bits per heavy atom. The molecule has 1 aliphatic carbocycles. The molecule has 1 aromatic heterocycles. The molecule has 124 valence electrons. The Hall–Kier alpha value is -2.01. The average Bonchev–Trinajstić information content (AvgIpc) is 3.29. The fraction of sp³-hybridized carbons (Fsp3) is 0.500. The van der Waals surface area contributed by atoms with E-state index in [1.807, 2.05) is 6.07 Å². The van der Waals surface area contributed by atoms with Gasteiger partial charge in [-0.1, -0.05) is 11.6 Å². The maximum atomic E-state index is 12.5. The van der Waals surface area contributed by atoms with Crippen molar-refractivity contribution in [2.45, 2.75) is 31.5 Å². The lowest BCUT2D eigenvalue weighted by Gasteiger charge is -2.17. The summed E-state index contributed by atoms with van der Waals surface area (Å²) in [5, 5.41) is 11.2. The van der Waals surface area contributed by atoms with Gasteiger partial charge in [-0.2, -0.15) is 18.4 Å². The Kier molecular flexibility index (Phi) is 5.31. The highest BCUT2D eigenvalue weighted by Gasteiger charge is 2.33. The zero-order valence-electron chi connectivity index (χ0n) is 11.9. The van der Waals surface area contributed by atoms with Crippen LogP contribution >= 0.6 is 11.6 Å². The van der Waals surface area contributed by atoms with Gasteiger partial charge in [0.25, 0.3) is 0 Å². The van der Waals surface area contributed by atoms with Crippen molar-refractivity contribution < 1.29 is 22.7 Å². The zero-order chi connectivity index (χ0) is 17.0. The number of pyridine rings is 1. The van der Waals surface area contributed by atoms with Gasteiger partial charge < -0.3 is 10.1 Å². The van der Waals surface area contributed by atoms with E-state index in [1.165, 1.54) is 0 Å². The Balaban J connectivity index is 1.97. The number of nitriles is 1. The molecule has 1 aliphatic rings. The summed E-state index contributed by atoms with van der Waals surface area (Å²) in [6.07, 6.45) is -3.07. The number of rotatable bonds is 6. The highest BCUT2D eigenvalue weighted by Crippen LogP contribution is 2.33. The minimum atomic E-state index is -4.53. The van der Waals surface area contributed by atoms with Crippen LogP contribution in [-0.2, 0) is 15.7 Å². The van der Waals surface area contributed by atoms with Crippen molar-refractivity contribution in [3.63, 3.8) is 0 Å². The van der Waals surface area contributed by atoms with Gasteiger partial charge in [0.2, 0.25) is 0 Å². The number of carbonyl (C=O) groups excluding carboxylic acids is 1. The molecular formula is C14H13ClF3N3O2. The highest BCUT2D eigenvalue weighted by molar-refractivity contribution is 6.32. The summed E-state index contributed by atoms with van der Waals surface area (Å²) < 4.78 is 42.8. The van der Waals surface area contributed by atoms with Crippen LogP contribution in [0.5, 0.6) is 0 Å². The SMILES string of the molecule is N#CC[C@H](CNc1ncc(C(F)(F)F)cc1Cl)OC(=O)C1CC1. The monoisotopic (exact) mass is 347 g/mol. The molecule has 1 atom stereocenters. The number of esters is 1. The van der Waals surface area contributed by atoms with Crippen LogP contribution in [0.15, 0.2) is 12.3 Å². The van der Waals surface area contributed by atoms with Gasteiger partial charge in [-0.3, -0.25) is 4.79 Å². The maximum Gasteiger partial charge on any atom is 0.417 e. The van der Waals surface area contributed by atoms with Gasteiger partial charge in [0.05, 0.1) is 35.5 Å². The first-order valence-electron chi connectivity index (χ1n) is 6.85. The van der Waals surface area contributed by atoms with Gasteiger partial charge in [-0.05, 0) is 18.9 Å². The molecule has 0 radical (unpaired) electrons. The third-order valence-corrected chi connectivity index (χ3v) is 3.47.